The number of nitrogens with two attached hydrogens (primary N) is 1. The van der Waals surface area contributed by atoms with Crippen LogP contribution in [0.25, 0.3) is 32.5 Å². The van der Waals surface area contributed by atoms with E-state index in [2.05, 4.69) is 58.8 Å². The second-order valence-electron chi connectivity index (χ2n) is 7.60. The number of rotatable bonds is 5. The van der Waals surface area contributed by atoms with Crippen LogP contribution in [0.1, 0.15) is 22.5 Å². The molecule has 7 heteroatoms. The zero-order chi connectivity index (χ0) is 22.2. The fourth-order valence-corrected chi connectivity index (χ4v) is 4.85. The molecule has 158 valence electrons. The Labute approximate surface area is 189 Å². The fraction of sp³-hybridized carbons (Fsp3) is 0.0800. The van der Waals surface area contributed by atoms with Gasteiger partial charge in [-0.25, -0.2) is 4.98 Å². The van der Waals surface area contributed by atoms with E-state index in [1.807, 2.05) is 18.2 Å². The van der Waals surface area contributed by atoms with Crippen LogP contribution >= 0.6 is 11.3 Å². The van der Waals surface area contributed by atoms with E-state index in [0.29, 0.717) is 29.3 Å². The summed E-state index contributed by atoms with van der Waals surface area (Å²) in [6.45, 7) is 6.76. The highest BCUT2D eigenvalue weighted by Crippen LogP contribution is 2.39. The molecule has 1 aliphatic rings. The molecule has 1 aliphatic heterocycles. The average Bonchev–Trinajstić information content (AvgIpc) is 3.23. The Bertz CT molecular complexity index is 1400. The van der Waals surface area contributed by atoms with Crippen LogP contribution in [0, 0.1) is 6.92 Å². The summed E-state index contributed by atoms with van der Waals surface area (Å²) in [7, 11) is 0. The summed E-state index contributed by atoms with van der Waals surface area (Å²) in [5.41, 5.74) is 11.2. The van der Waals surface area contributed by atoms with Gasteiger partial charge < -0.3 is 16.4 Å². The van der Waals surface area contributed by atoms with Gasteiger partial charge in [0.15, 0.2) is 0 Å². The number of carbonyl (C=O) groups excluding carboxylic acids is 1. The highest BCUT2D eigenvalue weighted by Gasteiger charge is 2.25. The van der Waals surface area contributed by atoms with E-state index >= 15 is 0 Å². The number of hydrogen-bond donors (Lipinski definition) is 3. The summed E-state index contributed by atoms with van der Waals surface area (Å²) in [5, 5.41) is 10.4. The van der Waals surface area contributed by atoms with Crippen molar-refractivity contribution in [3.8, 4) is 10.4 Å². The molecule has 4 aromatic rings. The Morgan fingerprint density at radius 1 is 1.22 bits per heavy atom. The standard InChI is InChI=1S/C25H21N5OS/c1-14-8-10-32-23(14)16-6-7-18-19(11-16)21-15(2)28-13-20(24(26)31)22(21)30-25(18)29-12-17-5-3-4-9-27-17/h3-11,13,28H,2,12H2,1H3,(H2,26,31)(H,29,30). The van der Waals surface area contributed by atoms with Crippen LogP contribution in [0.15, 0.2) is 66.8 Å². The Balaban J connectivity index is 1.72. The number of fused-ring (bicyclic) bond motifs is 3. The van der Waals surface area contributed by atoms with E-state index in [1.54, 1.807) is 23.7 Å². The number of thiophene rings is 1. The van der Waals surface area contributed by atoms with Crippen LogP contribution in [0.4, 0.5) is 5.82 Å². The molecule has 1 aromatic carbocycles. The van der Waals surface area contributed by atoms with Crippen LogP contribution in [0.2, 0.25) is 0 Å². The van der Waals surface area contributed by atoms with E-state index in [9.17, 15) is 4.79 Å². The predicted octanol–water partition coefficient (Wildman–Crippen LogP) is 4.68. The molecule has 3 aromatic heterocycles. The lowest BCUT2D eigenvalue weighted by Crippen LogP contribution is -2.23. The van der Waals surface area contributed by atoms with Crippen molar-refractivity contribution in [2.45, 2.75) is 13.5 Å². The van der Waals surface area contributed by atoms with Crippen molar-refractivity contribution in [2.75, 3.05) is 5.32 Å². The monoisotopic (exact) mass is 439 g/mol. The SMILES string of the molecule is C=C1NC=C(C(N)=O)c2nc(NCc3ccccn3)c3ccc(-c4sccc4C)cc3c21. The summed E-state index contributed by atoms with van der Waals surface area (Å²) in [4.78, 5) is 22.6. The third-order valence-electron chi connectivity index (χ3n) is 5.50. The number of aryl methyl sites for hydroxylation is 1. The van der Waals surface area contributed by atoms with Crippen molar-refractivity contribution in [3.63, 3.8) is 0 Å². The molecule has 5 rings (SSSR count). The van der Waals surface area contributed by atoms with Gasteiger partial charge in [0.25, 0.3) is 5.91 Å². The second-order valence-corrected chi connectivity index (χ2v) is 8.51. The number of amides is 1. The number of aromatic nitrogens is 2. The molecule has 0 radical (unpaired) electrons. The number of primary amides is 1. The number of hydrogen-bond acceptors (Lipinski definition) is 6. The first-order chi connectivity index (χ1) is 15.5. The maximum Gasteiger partial charge on any atom is 0.252 e. The third-order valence-corrected chi connectivity index (χ3v) is 6.57. The zero-order valence-corrected chi connectivity index (χ0v) is 18.3. The molecule has 0 unspecified atom stereocenters. The molecular formula is C25H21N5OS. The van der Waals surface area contributed by atoms with Crippen LogP contribution in [-0.2, 0) is 11.3 Å². The van der Waals surface area contributed by atoms with Crippen LogP contribution in [-0.4, -0.2) is 15.9 Å². The molecule has 4 heterocycles. The van der Waals surface area contributed by atoms with Gasteiger partial charge in [-0.2, -0.15) is 0 Å². The van der Waals surface area contributed by atoms with Gasteiger partial charge in [0.2, 0.25) is 0 Å². The van der Waals surface area contributed by atoms with E-state index < -0.39 is 5.91 Å². The van der Waals surface area contributed by atoms with Crippen molar-refractivity contribution in [2.24, 2.45) is 5.73 Å². The molecule has 6 nitrogen and oxygen atoms in total. The minimum Gasteiger partial charge on any atom is -0.365 e. The molecule has 4 N–H and O–H groups in total. The summed E-state index contributed by atoms with van der Waals surface area (Å²) in [6, 6.07) is 14.2. The molecule has 0 saturated heterocycles. The predicted molar refractivity (Wildman–Crippen MR) is 131 cm³/mol. The smallest absolute Gasteiger partial charge is 0.252 e. The maximum atomic E-state index is 12.2. The number of benzene rings is 1. The number of nitrogens with zero attached hydrogens (tertiary/aromatic N) is 2. The highest BCUT2D eigenvalue weighted by molar-refractivity contribution is 7.13. The van der Waals surface area contributed by atoms with E-state index in [-0.39, 0.29) is 0 Å². The molecule has 0 spiro atoms. The molecule has 0 atom stereocenters. The van der Waals surface area contributed by atoms with Crippen molar-refractivity contribution in [1.29, 1.82) is 0 Å². The van der Waals surface area contributed by atoms with Gasteiger partial charge in [-0.05, 0) is 53.1 Å². The first-order valence-electron chi connectivity index (χ1n) is 10.1. The summed E-state index contributed by atoms with van der Waals surface area (Å²) < 4.78 is 0. The van der Waals surface area contributed by atoms with E-state index in [0.717, 1.165) is 27.6 Å². The Hall–Kier alpha value is -3.97. The van der Waals surface area contributed by atoms with Crippen LogP contribution in [0.3, 0.4) is 0 Å². The van der Waals surface area contributed by atoms with Crippen molar-refractivity contribution in [1.82, 2.24) is 15.3 Å². The van der Waals surface area contributed by atoms with E-state index in [4.69, 9.17) is 10.7 Å². The zero-order valence-electron chi connectivity index (χ0n) is 17.5. The normalized spacial score (nSPS) is 12.8. The molecule has 0 aliphatic carbocycles. The van der Waals surface area contributed by atoms with Gasteiger partial charge in [0.05, 0.1) is 23.5 Å². The highest BCUT2D eigenvalue weighted by atomic mass is 32.1. The summed E-state index contributed by atoms with van der Waals surface area (Å²) in [6.07, 6.45) is 3.33. The third kappa shape index (κ3) is 3.42. The Morgan fingerprint density at radius 3 is 2.81 bits per heavy atom. The van der Waals surface area contributed by atoms with Crippen molar-refractivity contribution >= 4 is 45.1 Å². The quantitative estimate of drug-likeness (QED) is 0.420. The average molecular weight is 440 g/mol. The second kappa shape index (κ2) is 7.94. The molecule has 0 fully saturated rings. The number of anilines is 1. The van der Waals surface area contributed by atoms with Gasteiger partial charge in [-0.15, -0.1) is 11.3 Å². The fourth-order valence-electron chi connectivity index (χ4n) is 3.92. The lowest BCUT2D eigenvalue weighted by molar-refractivity contribution is -0.112. The van der Waals surface area contributed by atoms with Gasteiger partial charge in [0, 0.05) is 33.9 Å². The number of carbonyl (C=O) groups is 1. The number of nitrogens with one attached hydrogen (secondary N) is 2. The van der Waals surface area contributed by atoms with Gasteiger partial charge in [-0.3, -0.25) is 9.78 Å². The first-order valence-corrected chi connectivity index (χ1v) is 11.0. The molecular weight excluding hydrogens is 418 g/mol. The van der Waals surface area contributed by atoms with Crippen molar-refractivity contribution in [3.05, 3.63) is 89.3 Å². The largest absolute Gasteiger partial charge is 0.365 e. The van der Waals surface area contributed by atoms with Gasteiger partial charge >= 0.3 is 0 Å². The first kappa shape index (κ1) is 20.0. The molecule has 0 bridgehead atoms. The summed E-state index contributed by atoms with van der Waals surface area (Å²) >= 11 is 1.70. The Morgan fingerprint density at radius 2 is 2.09 bits per heavy atom. The van der Waals surface area contributed by atoms with Crippen LogP contribution in [0.5, 0.6) is 0 Å². The topological polar surface area (TPSA) is 92.9 Å². The van der Waals surface area contributed by atoms with Crippen LogP contribution < -0.4 is 16.4 Å². The van der Waals surface area contributed by atoms with E-state index in [1.165, 1.54) is 10.4 Å². The molecule has 32 heavy (non-hydrogen) atoms. The molecule has 1 amide bonds. The summed E-state index contributed by atoms with van der Waals surface area (Å²) in [5.74, 6) is 0.125. The lowest BCUT2D eigenvalue weighted by Gasteiger charge is -2.23. The lowest BCUT2D eigenvalue weighted by atomic mass is 9.93. The number of pyridine rings is 2. The van der Waals surface area contributed by atoms with Gasteiger partial charge in [-0.1, -0.05) is 24.8 Å². The minimum atomic E-state index is -0.543. The van der Waals surface area contributed by atoms with Crippen molar-refractivity contribution < 1.29 is 4.79 Å². The molecule has 0 saturated carbocycles. The van der Waals surface area contributed by atoms with Gasteiger partial charge in [0.1, 0.15) is 5.82 Å². The minimum absolute atomic E-state index is 0.327. The Kier molecular flexibility index (Phi) is 4.95. The maximum absolute atomic E-state index is 12.2.